The lowest BCUT2D eigenvalue weighted by molar-refractivity contribution is -0.117. The topological polar surface area (TPSA) is 44.4 Å². The molecule has 2 N–H and O–H groups in total. The van der Waals surface area contributed by atoms with Crippen LogP contribution in [0.3, 0.4) is 0 Å². The minimum atomic E-state index is -0.269. The summed E-state index contributed by atoms with van der Waals surface area (Å²) in [5.74, 6) is 0.0149. The molecule has 2 aromatic carbocycles. The maximum atomic E-state index is 12.0. The SMILES string of the molecule is CN(C)c1ccc(CNC2C(=O)Nc3ccccc32)cc1. The standard InChI is InChI=1S/C17H19N3O/c1-20(2)13-9-7-12(8-10-13)11-18-16-14-5-3-4-6-15(14)19-17(16)21/h3-10,16,18H,11H2,1-2H3,(H,19,21). The average Bonchev–Trinajstić information content (AvgIpc) is 2.81. The molecule has 1 aliphatic heterocycles. The van der Waals surface area contributed by atoms with Crippen molar-refractivity contribution < 1.29 is 4.79 Å². The molecule has 0 saturated carbocycles. The van der Waals surface area contributed by atoms with Crippen LogP contribution in [0.5, 0.6) is 0 Å². The van der Waals surface area contributed by atoms with E-state index in [-0.39, 0.29) is 11.9 Å². The predicted octanol–water partition coefficient (Wildman–Crippen LogP) is 2.54. The summed E-state index contributed by atoms with van der Waals surface area (Å²) in [5, 5.41) is 6.23. The number of hydrogen-bond acceptors (Lipinski definition) is 3. The molecule has 0 aromatic heterocycles. The van der Waals surface area contributed by atoms with Crippen LogP contribution < -0.4 is 15.5 Å². The third-order valence-electron chi connectivity index (χ3n) is 3.75. The Labute approximate surface area is 124 Å². The van der Waals surface area contributed by atoms with Crippen LogP contribution in [0.25, 0.3) is 0 Å². The summed E-state index contributed by atoms with van der Waals surface area (Å²) in [6.45, 7) is 0.667. The van der Waals surface area contributed by atoms with Crippen molar-refractivity contribution in [3.63, 3.8) is 0 Å². The molecule has 3 rings (SSSR count). The van der Waals surface area contributed by atoms with Gasteiger partial charge < -0.3 is 10.2 Å². The van der Waals surface area contributed by atoms with Crippen LogP contribution in [-0.2, 0) is 11.3 Å². The minimum absolute atomic E-state index is 0.0149. The van der Waals surface area contributed by atoms with Gasteiger partial charge in [-0.25, -0.2) is 0 Å². The second-order valence-electron chi connectivity index (χ2n) is 5.45. The Kier molecular flexibility index (Phi) is 3.62. The highest BCUT2D eigenvalue weighted by Crippen LogP contribution is 2.30. The van der Waals surface area contributed by atoms with E-state index in [1.165, 1.54) is 5.69 Å². The van der Waals surface area contributed by atoms with Crippen molar-refractivity contribution in [2.45, 2.75) is 12.6 Å². The van der Waals surface area contributed by atoms with Gasteiger partial charge in [-0.2, -0.15) is 0 Å². The quantitative estimate of drug-likeness (QED) is 0.905. The number of carbonyl (C=O) groups excluding carboxylic acids is 1. The summed E-state index contributed by atoms with van der Waals surface area (Å²) in [6, 6.07) is 15.9. The van der Waals surface area contributed by atoms with Crippen molar-refractivity contribution in [1.29, 1.82) is 0 Å². The number of para-hydroxylation sites is 1. The maximum absolute atomic E-state index is 12.0. The van der Waals surface area contributed by atoms with Crippen molar-refractivity contribution in [1.82, 2.24) is 5.32 Å². The Morgan fingerprint density at radius 2 is 1.81 bits per heavy atom. The number of nitrogens with zero attached hydrogens (tertiary/aromatic N) is 1. The average molecular weight is 281 g/mol. The van der Waals surface area contributed by atoms with E-state index in [0.717, 1.165) is 16.8 Å². The Morgan fingerprint density at radius 3 is 2.52 bits per heavy atom. The molecule has 1 atom stereocenters. The zero-order valence-corrected chi connectivity index (χ0v) is 12.3. The molecule has 0 aliphatic carbocycles. The Morgan fingerprint density at radius 1 is 1.10 bits per heavy atom. The molecule has 21 heavy (non-hydrogen) atoms. The van der Waals surface area contributed by atoms with E-state index in [1.54, 1.807) is 0 Å². The van der Waals surface area contributed by atoms with Gasteiger partial charge in [0.15, 0.2) is 0 Å². The molecule has 1 amide bonds. The van der Waals surface area contributed by atoms with E-state index < -0.39 is 0 Å². The molecule has 2 aromatic rings. The minimum Gasteiger partial charge on any atom is -0.378 e. The molecule has 1 heterocycles. The zero-order valence-electron chi connectivity index (χ0n) is 12.3. The maximum Gasteiger partial charge on any atom is 0.246 e. The lowest BCUT2D eigenvalue weighted by Crippen LogP contribution is -2.27. The van der Waals surface area contributed by atoms with Gasteiger partial charge in [0.2, 0.25) is 5.91 Å². The molecule has 4 nitrogen and oxygen atoms in total. The van der Waals surface area contributed by atoms with Crippen LogP contribution in [-0.4, -0.2) is 20.0 Å². The Balaban J connectivity index is 1.69. The van der Waals surface area contributed by atoms with E-state index in [1.807, 2.05) is 38.4 Å². The number of hydrogen-bond donors (Lipinski definition) is 2. The molecule has 0 saturated heterocycles. The Hall–Kier alpha value is -2.33. The predicted molar refractivity (Wildman–Crippen MR) is 85.4 cm³/mol. The van der Waals surface area contributed by atoms with Crippen molar-refractivity contribution in [3.8, 4) is 0 Å². The van der Waals surface area contributed by atoms with Gasteiger partial charge in [-0.3, -0.25) is 10.1 Å². The highest BCUT2D eigenvalue weighted by Gasteiger charge is 2.29. The number of amides is 1. The third-order valence-corrected chi connectivity index (χ3v) is 3.75. The van der Waals surface area contributed by atoms with Crippen molar-refractivity contribution in [2.75, 3.05) is 24.3 Å². The smallest absolute Gasteiger partial charge is 0.246 e. The molecule has 0 radical (unpaired) electrons. The third kappa shape index (κ3) is 2.76. The van der Waals surface area contributed by atoms with E-state index in [0.29, 0.717) is 6.54 Å². The number of anilines is 2. The fourth-order valence-electron chi connectivity index (χ4n) is 2.54. The lowest BCUT2D eigenvalue weighted by atomic mass is 10.1. The molecular formula is C17H19N3O. The highest BCUT2D eigenvalue weighted by atomic mass is 16.2. The zero-order chi connectivity index (χ0) is 14.8. The van der Waals surface area contributed by atoms with Crippen LogP contribution in [0.2, 0.25) is 0 Å². The van der Waals surface area contributed by atoms with Gasteiger partial charge in [-0.05, 0) is 23.8 Å². The number of rotatable bonds is 4. The van der Waals surface area contributed by atoms with Crippen molar-refractivity contribution >= 4 is 17.3 Å². The first-order chi connectivity index (χ1) is 10.1. The van der Waals surface area contributed by atoms with Gasteiger partial charge in [0.25, 0.3) is 0 Å². The molecule has 4 heteroatoms. The van der Waals surface area contributed by atoms with Crippen molar-refractivity contribution in [3.05, 3.63) is 59.7 Å². The van der Waals surface area contributed by atoms with Crippen LogP contribution in [0, 0.1) is 0 Å². The molecule has 1 unspecified atom stereocenters. The van der Waals surface area contributed by atoms with E-state index >= 15 is 0 Å². The summed E-state index contributed by atoms with van der Waals surface area (Å²) in [5.41, 5.74) is 4.26. The summed E-state index contributed by atoms with van der Waals surface area (Å²) in [6.07, 6.45) is 0. The highest BCUT2D eigenvalue weighted by molar-refractivity contribution is 6.02. The molecule has 0 spiro atoms. The molecule has 0 fully saturated rings. The van der Waals surface area contributed by atoms with Gasteiger partial charge in [0.1, 0.15) is 6.04 Å². The van der Waals surface area contributed by atoms with E-state index in [9.17, 15) is 4.79 Å². The van der Waals surface area contributed by atoms with Gasteiger partial charge in [-0.15, -0.1) is 0 Å². The first-order valence-electron chi connectivity index (χ1n) is 7.04. The molecule has 1 aliphatic rings. The molecule has 0 bridgehead atoms. The number of fused-ring (bicyclic) bond motifs is 1. The fourth-order valence-corrected chi connectivity index (χ4v) is 2.54. The van der Waals surface area contributed by atoms with Crippen LogP contribution in [0.1, 0.15) is 17.2 Å². The van der Waals surface area contributed by atoms with E-state index in [2.05, 4.69) is 39.8 Å². The number of carbonyl (C=O) groups is 1. The normalized spacial score (nSPS) is 16.5. The van der Waals surface area contributed by atoms with Crippen LogP contribution in [0.15, 0.2) is 48.5 Å². The first-order valence-corrected chi connectivity index (χ1v) is 7.04. The van der Waals surface area contributed by atoms with Gasteiger partial charge in [0, 0.05) is 37.6 Å². The lowest BCUT2D eigenvalue weighted by Gasteiger charge is -2.14. The second kappa shape index (κ2) is 5.58. The molecule has 108 valence electrons. The second-order valence-corrected chi connectivity index (χ2v) is 5.45. The van der Waals surface area contributed by atoms with Crippen LogP contribution in [0.4, 0.5) is 11.4 Å². The monoisotopic (exact) mass is 281 g/mol. The van der Waals surface area contributed by atoms with Gasteiger partial charge in [0.05, 0.1) is 0 Å². The number of nitrogens with one attached hydrogen (secondary N) is 2. The fraction of sp³-hybridized carbons (Fsp3) is 0.235. The first kappa shape index (κ1) is 13.6. The van der Waals surface area contributed by atoms with E-state index in [4.69, 9.17) is 0 Å². The van der Waals surface area contributed by atoms with Crippen molar-refractivity contribution in [2.24, 2.45) is 0 Å². The summed E-state index contributed by atoms with van der Waals surface area (Å²) >= 11 is 0. The summed E-state index contributed by atoms with van der Waals surface area (Å²) in [7, 11) is 4.04. The molecular weight excluding hydrogens is 262 g/mol. The largest absolute Gasteiger partial charge is 0.378 e. The van der Waals surface area contributed by atoms with Crippen LogP contribution >= 0.6 is 0 Å². The number of benzene rings is 2. The van der Waals surface area contributed by atoms with Gasteiger partial charge in [-0.1, -0.05) is 30.3 Å². The summed E-state index contributed by atoms with van der Waals surface area (Å²) in [4.78, 5) is 14.1. The van der Waals surface area contributed by atoms with Gasteiger partial charge >= 0.3 is 0 Å². The Bertz CT molecular complexity index is 649. The summed E-state index contributed by atoms with van der Waals surface area (Å²) < 4.78 is 0.